The number of hydrogen-bond acceptors (Lipinski definition) is 8. The van der Waals surface area contributed by atoms with Gasteiger partial charge in [-0.05, 0) is 42.3 Å². The summed E-state index contributed by atoms with van der Waals surface area (Å²) in [6, 6.07) is 7.93. The molecular formula is C24H25N3O6. The number of hydrogen-bond donors (Lipinski definition) is 0. The molecule has 9 heteroatoms. The molecule has 3 heterocycles. The number of ether oxygens (including phenoxy) is 3. The first kappa shape index (κ1) is 21.6. The second kappa shape index (κ2) is 8.93. The Morgan fingerprint density at radius 2 is 1.85 bits per heavy atom. The zero-order valence-corrected chi connectivity index (χ0v) is 18.4. The zero-order chi connectivity index (χ0) is 22.9. The second-order valence-corrected chi connectivity index (χ2v) is 8.44. The third kappa shape index (κ3) is 4.35. The fraction of sp³-hybridized carbons (Fsp3) is 0.375. The van der Waals surface area contributed by atoms with Gasteiger partial charge in [0.2, 0.25) is 5.78 Å². The van der Waals surface area contributed by atoms with Crippen LogP contribution in [-0.4, -0.2) is 66.6 Å². The minimum atomic E-state index is -0.454. The first-order chi connectivity index (χ1) is 16.0. The van der Waals surface area contributed by atoms with Crippen molar-refractivity contribution < 1.29 is 23.9 Å². The summed E-state index contributed by atoms with van der Waals surface area (Å²) in [5.41, 5.74) is 2.90. The van der Waals surface area contributed by atoms with Crippen LogP contribution in [0.5, 0.6) is 11.5 Å². The topological polar surface area (TPSA) is 94.4 Å². The van der Waals surface area contributed by atoms with Crippen molar-refractivity contribution >= 4 is 17.5 Å². The van der Waals surface area contributed by atoms with Gasteiger partial charge in [-0.1, -0.05) is 0 Å². The number of carbonyl (C=O) groups excluding carboxylic acids is 1. The highest BCUT2D eigenvalue weighted by Gasteiger charge is 2.35. The number of benzene rings is 2. The molecule has 3 aliphatic rings. The summed E-state index contributed by atoms with van der Waals surface area (Å²) in [5, 5.41) is 10.9. The van der Waals surface area contributed by atoms with Crippen LogP contribution in [0, 0.1) is 17.0 Å². The van der Waals surface area contributed by atoms with Crippen LogP contribution in [0.4, 0.5) is 5.69 Å². The molecule has 0 N–H and O–H groups in total. The standard InChI is InChI=1S/C24H25N3O6/c1-16-12-20-19(14-26(15-32-20)7-6-25-8-10-31-11-9-25)24-22(16)23(28)21(33-24)13-17-2-4-18(5-3-17)27(29)30/h2-5,12-13H,6-11,14-15H2,1H3/b21-13-. The lowest BCUT2D eigenvalue weighted by molar-refractivity contribution is -0.384. The van der Waals surface area contributed by atoms with E-state index in [-0.39, 0.29) is 17.2 Å². The minimum Gasteiger partial charge on any atom is -0.478 e. The van der Waals surface area contributed by atoms with Gasteiger partial charge >= 0.3 is 0 Å². The minimum absolute atomic E-state index is 0.00154. The number of aryl methyl sites for hydroxylation is 1. The van der Waals surface area contributed by atoms with Crippen molar-refractivity contribution in [2.75, 3.05) is 46.1 Å². The molecule has 5 rings (SSSR count). The first-order valence-corrected chi connectivity index (χ1v) is 11.0. The van der Waals surface area contributed by atoms with Crippen LogP contribution >= 0.6 is 0 Å². The quantitative estimate of drug-likeness (QED) is 0.389. The van der Waals surface area contributed by atoms with Crippen LogP contribution in [-0.2, 0) is 11.3 Å². The number of nitro groups is 1. The fourth-order valence-corrected chi connectivity index (χ4v) is 4.37. The molecule has 2 aromatic carbocycles. The Morgan fingerprint density at radius 3 is 2.58 bits per heavy atom. The number of fused-ring (bicyclic) bond motifs is 3. The Hall–Kier alpha value is -3.27. The molecule has 9 nitrogen and oxygen atoms in total. The number of nitro benzene ring substituents is 1. The summed E-state index contributed by atoms with van der Waals surface area (Å²) < 4.78 is 17.5. The molecule has 0 saturated carbocycles. The number of morpholine rings is 1. The van der Waals surface area contributed by atoms with Gasteiger partial charge in [0.05, 0.1) is 29.3 Å². The van der Waals surface area contributed by atoms with Crippen LogP contribution in [0.3, 0.4) is 0 Å². The second-order valence-electron chi connectivity index (χ2n) is 8.44. The largest absolute Gasteiger partial charge is 0.478 e. The van der Waals surface area contributed by atoms with Crippen molar-refractivity contribution in [3.8, 4) is 11.5 Å². The van der Waals surface area contributed by atoms with Crippen molar-refractivity contribution in [2.24, 2.45) is 0 Å². The van der Waals surface area contributed by atoms with Crippen molar-refractivity contribution in [3.05, 3.63) is 68.5 Å². The van der Waals surface area contributed by atoms with Crippen molar-refractivity contribution in [1.82, 2.24) is 9.80 Å². The normalized spacial score (nSPS) is 19.7. The number of rotatable bonds is 5. The highest BCUT2D eigenvalue weighted by atomic mass is 16.6. The summed E-state index contributed by atoms with van der Waals surface area (Å²) in [4.78, 5) is 28.1. The van der Waals surface area contributed by atoms with E-state index in [1.807, 2.05) is 13.0 Å². The van der Waals surface area contributed by atoms with E-state index >= 15 is 0 Å². The van der Waals surface area contributed by atoms with Gasteiger partial charge in [-0.25, -0.2) is 0 Å². The molecule has 0 radical (unpaired) electrons. The van der Waals surface area contributed by atoms with Crippen LogP contribution in [0.25, 0.3) is 6.08 Å². The van der Waals surface area contributed by atoms with E-state index in [1.54, 1.807) is 18.2 Å². The third-order valence-corrected chi connectivity index (χ3v) is 6.23. The molecule has 0 unspecified atom stereocenters. The molecule has 0 bridgehead atoms. The first-order valence-electron chi connectivity index (χ1n) is 11.0. The molecule has 172 valence electrons. The Morgan fingerprint density at radius 1 is 1.12 bits per heavy atom. The monoisotopic (exact) mass is 451 g/mol. The molecular weight excluding hydrogens is 426 g/mol. The average molecular weight is 451 g/mol. The van der Waals surface area contributed by atoms with E-state index in [1.165, 1.54) is 12.1 Å². The van der Waals surface area contributed by atoms with Gasteiger partial charge in [0, 0.05) is 44.9 Å². The molecule has 0 aliphatic carbocycles. The van der Waals surface area contributed by atoms with E-state index < -0.39 is 4.92 Å². The Kier molecular flexibility index (Phi) is 5.84. The lowest BCUT2D eigenvalue weighted by Crippen LogP contribution is -2.43. The summed E-state index contributed by atoms with van der Waals surface area (Å²) in [7, 11) is 0. The van der Waals surface area contributed by atoms with E-state index in [0.717, 1.165) is 56.3 Å². The third-order valence-electron chi connectivity index (χ3n) is 6.23. The number of Topliss-reactive ketones (excluding diaryl/α,β-unsaturated/α-hetero) is 1. The highest BCUT2D eigenvalue weighted by molar-refractivity contribution is 6.15. The molecule has 2 aromatic rings. The number of carbonyl (C=O) groups is 1. The summed E-state index contributed by atoms with van der Waals surface area (Å²) in [6.45, 7) is 8.21. The zero-order valence-electron chi connectivity index (χ0n) is 18.4. The summed E-state index contributed by atoms with van der Waals surface area (Å²) >= 11 is 0. The van der Waals surface area contributed by atoms with Crippen LogP contribution in [0.2, 0.25) is 0 Å². The van der Waals surface area contributed by atoms with Crippen LogP contribution < -0.4 is 9.47 Å². The molecule has 1 saturated heterocycles. The number of non-ortho nitro benzene ring substituents is 1. The van der Waals surface area contributed by atoms with Gasteiger partial charge in [0.15, 0.2) is 5.76 Å². The molecule has 0 atom stereocenters. The predicted octanol–water partition coefficient (Wildman–Crippen LogP) is 3.00. The SMILES string of the molecule is Cc1cc2c(c3c1C(=O)/C(=C/c1ccc([N+](=O)[O-])cc1)O3)CN(CCN1CCOCC1)CO2. The van der Waals surface area contributed by atoms with Gasteiger partial charge in [-0.3, -0.25) is 24.7 Å². The smallest absolute Gasteiger partial charge is 0.269 e. The van der Waals surface area contributed by atoms with Crippen molar-refractivity contribution in [2.45, 2.75) is 13.5 Å². The molecule has 3 aliphatic heterocycles. The molecule has 33 heavy (non-hydrogen) atoms. The van der Waals surface area contributed by atoms with Crippen molar-refractivity contribution in [3.63, 3.8) is 0 Å². The lowest BCUT2D eigenvalue weighted by Gasteiger charge is -2.33. The summed E-state index contributed by atoms with van der Waals surface area (Å²) in [5.74, 6) is 1.33. The van der Waals surface area contributed by atoms with Crippen molar-refractivity contribution in [1.29, 1.82) is 0 Å². The Balaban J connectivity index is 1.36. The van der Waals surface area contributed by atoms with E-state index in [0.29, 0.717) is 30.2 Å². The predicted molar refractivity (Wildman–Crippen MR) is 120 cm³/mol. The number of ketones is 1. The maximum atomic E-state index is 13.1. The Labute approximate surface area is 191 Å². The summed E-state index contributed by atoms with van der Waals surface area (Å²) in [6.07, 6.45) is 1.62. The molecule has 0 spiro atoms. The van der Waals surface area contributed by atoms with Gasteiger partial charge in [0.1, 0.15) is 18.2 Å². The van der Waals surface area contributed by atoms with E-state index in [9.17, 15) is 14.9 Å². The number of allylic oxidation sites excluding steroid dienone is 1. The molecule has 1 fully saturated rings. The molecule has 0 amide bonds. The van der Waals surface area contributed by atoms with Crippen LogP contribution in [0.1, 0.15) is 27.0 Å². The maximum absolute atomic E-state index is 13.1. The fourth-order valence-electron chi connectivity index (χ4n) is 4.37. The lowest BCUT2D eigenvalue weighted by atomic mass is 9.98. The highest BCUT2D eigenvalue weighted by Crippen LogP contribution is 2.44. The Bertz CT molecular complexity index is 1120. The van der Waals surface area contributed by atoms with Gasteiger partial charge in [-0.2, -0.15) is 0 Å². The van der Waals surface area contributed by atoms with Gasteiger partial charge in [-0.15, -0.1) is 0 Å². The van der Waals surface area contributed by atoms with E-state index in [4.69, 9.17) is 14.2 Å². The maximum Gasteiger partial charge on any atom is 0.269 e. The van der Waals surface area contributed by atoms with Gasteiger partial charge < -0.3 is 14.2 Å². The average Bonchev–Trinajstić information content (AvgIpc) is 3.15. The van der Waals surface area contributed by atoms with Gasteiger partial charge in [0.25, 0.3) is 5.69 Å². The van der Waals surface area contributed by atoms with E-state index in [2.05, 4.69) is 9.80 Å². The molecule has 0 aromatic heterocycles. The number of nitrogens with zero attached hydrogens (tertiary/aromatic N) is 3. The van der Waals surface area contributed by atoms with Crippen LogP contribution in [0.15, 0.2) is 36.1 Å².